The maximum atomic E-state index is 2.60. The Balaban J connectivity index is 0.00000240. The summed E-state index contributed by atoms with van der Waals surface area (Å²) in [5, 5.41) is 0. The summed E-state index contributed by atoms with van der Waals surface area (Å²) in [6, 6.07) is 29.1. The summed E-state index contributed by atoms with van der Waals surface area (Å²) in [7, 11) is 0. The van der Waals surface area contributed by atoms with Crippen molar-refractivity contribution >= 4 is 3.21 Å². The minimum atomic E-state index is -2.71. The summed E-state index contributed by atoms with van der Waals surface area (Å²) in [4.78, 5) is 0. The molecule has 3 heteroatoms. The SMILES string of the molecule is Cc1ccc([C](c2ccc(C)cc2)=[Zr+2]([C]2=CC=CC2)[CH]2c3cc(C)c(C(C)(C)C)cc3-c3cc(C(C)(C)C)c(C)cc32)cc1.[Cl-].[Cl-]. The van der Waals surface area contributed by atoms with Gasteiger partial charge in [0.05, 0.1) is 0 Å². The molecule has 0 fully saturated rings. The van der Waals surface area contributed by atoms with Crippen molar-refractivity contribution in [2.75, 3.05) is 0 Å². The summed E-state index contributed by atoms with van der Waals surface area (Å²) < 4.78 is 3.75. The number of aryl methyl sites for hydroxylation is 4. The average Bonchev–Trinajstić information content (AvgIpc) is 3.57. The predicted octanol–water partition coefficient (Wildman–Crippen LogP) is 5.32. The molecule has 4 aromatic rings. The summed E-state index contributed by atoms with van der Waals surface area (Å²) in [6.07, 6.45) is 8.27. The van der Waals surface area contributed by atoms with Crippen molar-refractivity contribution in [3.05, 3.63) is 150 Å². The van der Waals surface area contributed by atoms with Gasteiger partial charge in [0.1, 0.15) is 0 Å². The van der Waals surface area contributed by atoms with Crippen LogP contribution in [0.2, 0.25) is 0 Å². The molecule has 0 unspecified atom stereocenters. The van der Waals surface area contributed by atoms with E-state index in [1.807, 2.05) is 0 Å². The molecule has 6 rings (SSSR count). The van der Waals surface area contributed by atoms with Crippen molar-refractivity contribution in [1.82, 2.24) is 0 Å². The topological polar surface area (TPSA) is 0 Å². The molecular formula is C43H48Cl2Zr. The molecule has 46 heavy (non-hydrogen) atoms. The fraction of sp³-hybridized carbons (Fsp3) is 0.326. The third kappa shape index (κ3) is 6.81. The maximum Gasteiger partial charge on any atom is -1.00 e. The van der Waals surface area contributed by atoms with Crippen LogP contribution in [0.1, 0.15) is 107 Å². The first-order valence-corrected chi connectivity index (χ1v) is 20.2. The average molecular weight is 727 g/mol. The normalized spacial score (nSPS) is 13.6. The third-order valence-corrected chi connectivity index (χ3v) is 18.0. The molecule has 0 bridgehead atoms. The van der Waals surface area contributed by atoms with Gasteiger partial charge in [0.25, 0.3) is 0 Å². The van der Waals surface area contributed by atoms with E-state index in [9.17, 15) is 0 Å². The van der Waals surface area contributed by atoms with Gasteiger partial charge in [-0.2, -0.15) is 0 Å². The van der Waals surface area contributed by atoms with E-state index in [2.05, 4.69) is 160 Å². The molecule has 0 saturated heterocycles. The van der Waals surface area contributed by atoms with Crippen LogP contribution in [-0.4, -0.2) is 3.21 Å². The van der Waals surface area contributed by atoms with E-state index in [4.69, 9.17) is 0 Å². The second-order valence-corrected chi connectivity index (χ2v) is 21.5. The summed E-state index contributed by atoms with van der Waals surface area (Å²) in [6.45, 7) is 23.3. The predicted molar refractivity (Wildman–Crippen MR) is 188 cm³/mol. The zero-order chi connectivity index (χ0) is 31.6. The Morgan fingerprint density at radius 3 is 1.37 bits per heavy atom. The summed E-state index contributed by atoms with van der Waals surface area (Å²) >= 11 is -2.71. The van der Waals surface area contributed by atoms with Crippen LogP contribution in [0, 0.1) is 27.7 Å². The van der Waals surface area contributed by atoms with E-state index < -0.39 is 21.3 Å². The van der Waals surface area contributed by atoms with E-state index in [0.717, 1.165) is 6.42 Å². The van der Waals surface area contributed by atoms with Gasteiger partial charge in [-0.1, -0.05) is 0 Å². The first kappa shape index (κ1) is 36.5. The third-order valence-electron chi connectivity index (χ3n) is 9.68. The van der Waals surface area contributed by atoms with E-state index >= 15 is 0 Å². The van der Waals surface area contributed by atoms with Gasteiger partial charge in [-0.15, -0.1) is 0 Å². The molecule has 0 amide bonds. The monoisotopic (exact) mass is 724 g/mol. The van der Waals surface area contributed by atoms with Crippen LogP contribution in [0.15, 0.2) is 94.3 Å². The van der Waals surface area contributed by atoms with Crippen LogP contribution in [0.25, 0.3) is 11.1 Å². The number of halogens is 2. The Labute approximate surface area is 298 Å². The molecule has 0 heterocycles. The number of fused-ring (bicyclic) bond motifs is 3. The number of rotatable bonds is 4. The van der Waals surface area contributed by atoms with E-state index in [1.165, 1.54) is 55.6 Å². The first-order chi connectivity index (χ1) is 20.7. The molecule has 0 atom stereocenters. The molecule has 0 nitrogen and oxygen atoms in total. The summed E-state index contributed by atoms with van der Waals surface area (Å²) in [5.74, 6) is 0. The van der Waals surface area contributed by atoms with Gasteiger partial charge >= 0.3 is 276 Å². The van der Waals surface area contributed by atoms with Gasteiger partial charge < -0.3 is 24.8 Å². The zero-order valence-corrected chi connectivity index (χ0v) is 33.2. The zero-order valence-electron chi connectivity index (χ0n) is 29.2. The number of hydrogen-bond acceptors (Lipinski definition) is 0. The van der Waals surface area contributed by atoms with Crippen LogP contribution >= 0.6 is 0 Å². The smallest absolute Gasteiger partial charge is 1.00 e. The quantitative estimate of drug-likeness (QED) is 0.267. The largest absolute Gasteiger partial charge is 1.00 e. The molecule has 0 saturated carbocycles. The molecule has 4 aromatic carbocycles. The van der Waals surface area contributed by atoms with Crippen molar-refractivity contribution in [2.24, 2.45) is 0 Å². The van der Waals surface area contributed by atoms with E-state index in [-0.39, 0.29) is 35.6 Å². The molecule has 0 spiro atoms. The van der Waals surface area contributed by atoms with Crippen molar-refractivity contribution < 1.29 is 46.1 Å². The van der Waals surface area contributed by atoms with Crippen molar-refractivity contribution in [1.29, 1.82) is 0 Å². The van der Waals surface area contributed by atoms with E-state index in [0.29, 0.717) is 3.63 Å². The maximum absolute atomic E-state index is 2.71. The molecule has 238 valence electrons. The minimum Gasteiger partial charge on any atom is -1.00 e. The standard InChI is InChI=1S/C23H29.C15H14.C5H5.2ClH.Zr/c1-14-9-16-11-17-10-15(2)21(23(6,7)8)13-19(17)18(16)12-20(14)22(3,4)5;1-12-3-7-14(8-4-12)11-15-9-5-13(2)6-10-15;1-2-4-5-3-1;;;/h9-13H,1-8H3;3-10H,1-2H3;1-3H,4H2;2*1H;/q;;;;;+2/p-2. The van der Waals surface area contributed by atoms with Crippen LogP contribution in [0.4, 0.5) is 0 Å². The Morgan fingerprint density at radius 2 is 1.02 bits per heavy atom. The molecule has 0 aromatic heterocycles. The molecule has 0 radical (unpaired) electrons. The van der Waals surface area contributed by atoms with Crippen molar-refractivity contribution in [2.45, 2.75) is 90.1 Å². The van der Waals surface area contributed by atoms with Crippen LogP contribution in [-0.2, 0) is 32.1 Å². The van der Waals surface area contributed by atoms with Gasteiger partial charge in [0.2, 0.25) is 0 Å². The van der Waals surface area contributed by atoms with Crippen molar-refractivity contribution in [3.63, 3.8) is 0 Å². The molecule has 0 N–H and O–H groups in total. The Bertz CT molecular complexity index is 1740. The van der Waals surface area contributed by atoms with Gasteiger partial charge in [0.15, 0.2) is 0 Å². The Kier molecular flexibility index (Phi) is 10.9. The Morgan fingerprint density at radius 1 is 0.609 bits per heavy atom. The van der Waals surface area contributed by atoms with Gasteiger partial charge in [-0.05, 0) is 0 Å². The van der Waals surface area contributed by atoms with Gasteiger partial charge in [-0.25, -0.2) is 0 Å². The number of hydrogen-bond donors (Lipinski definition) is 0. The first-order valence-electron chi connectivity index (χ1n) is 16.3. The van der Waals surface area contributed by atoms with Crippen LogP contribution in [0.3, 0.4) is 0 Å². The number of benzene rings is 4. The van der Waals surface area contributed by atoms with Crippen molar-refractivity contribution in [3.8, 4) is 11.1 Å². The van der Waals surface area contributed by atoms with E-state index in [1.54, 1.807) is 17.6 Å². The molecular weight excluding hydrogens is 679 g/mol. The summed E-state index contributed by atoms with van der Waals surface area (Å²) in [5.41, 5.74) is 17.5. The molecule has 2 aliphatic rings. The Hall–Kier alpha value is -2.31. The van der Waals surface area contributed by atoms with Crippen LogP contribution in [0.5, 0.6) is 0 Å². The second kappa shape index (κ2) is 13.7. The fourth-order valence-corrected chi connectivity index (χ4v) is 16.5. The van der Waals surface area contributed by atoms with Crippen LogP contribution < -0.4 is 24.8 Å². The fourth-order valence-electron chi connectivity index (χ4n) is 7.55. The molecule has 2 aliphatic carbocycles. The minimum absolute atomic E-state index is 0. The molecule has 0 aliphatic heterocycles. The number of allylic oxidation sites excluding steroid dienone is 4. The van der Waals surface area contributed by atoms with Gasteiger partial charge in [-0.3, -0.25) is 0 Å². The van der Waals surface area contributed by atoms with Gasteiger partial charge in [0, 0.05) is 0 Å². The second-order valence-electron chi connectivity index (χ2n) is 15.3.